The van der Waals surface area contributed by atoms with Crippen LogP contribution in [0.1, 0.15) is 41.8 Å². The zero-order valence-electron chi connectivity index (χ0n) is 11.9. The third kappa shape index (κ3) is 2.65. The first-order chi connectivity index (χ1) is 10.1. The molecule has 0 bridgehead atoms. The number of halogens is 1. The Hall–Kier alpha value is -1.88. The zero-order chi connectivity index (χ0) is 15.0. The van der Waals surface area contributed by atoms with Gasteiger partial charge in [0.15, 0.2) is 5.76 Å². The molecular weight excluding hydrogens is 273 g/mol. The van der Waals surface area contributed by atoms with Gasteiger partial charge in [0, 0.05) is 10.9 Å². The number of furan rings is 1. The topological polar surface area (TPSA) is 62.5 Å². The predicted octanol–water partition coefficient (Wildman–Crippen LogP) is 2.91. The van der Waals surface area contributed by atoms with Gasteiger partial charge in [-0.05, 0) is 38.0 Å². The van der Waals surface area contributed by atoms with Crippen molar-refractivity contribution in [1.82, 2.24) is 5.32 Å². The van der Waals surface area contributed by atoms with Crippen molar-refractivity contribution in [3.05, 3.63) is 35.3 Å². The van der Waals surface area contributed by atoms with Crippen molar-refractivity contribution in [1.29, 1.82) is 0 Å². The molecule has 112 valence electrons. The van der Waals surface area contributed by atoms with E-state index in [4.69, 9.17) is 4.42 Å². The highest BCUT2D eigenvalue weighted by molar-refractivity contribution is 5.99. The first kappa shape index (κ1) is 14.1. The molecule has 0 spiro atoms. The van der Waals surface area contributed by atoms with Gasteiger partial charge in [-0.1, -0.05) is 12.8 Å². The van der Waals surface area contributed by atoms with Gasteiger partial charge >= 0.3 is 0 Å². The van der Waals surface area contributed by atoms with Crippen molar-refractivity contribution in [3.63, 3.8) is 0 Å². The number of fused-ring (bicyclic) bond motifs is 1. The largest absolute Gasteiger partial charge is 0.451 e. The van der Waals surface area contributed by atoms with E-state index in [1.807, 2.05) is 0 Å². The van der Waals surface area contributed by atoms with E-state index in [-0.39, 0.29) is 23.5 Å². The number of rotatable bonds is 2. The molecule has 21 heavy (non-hydrogen) atoms. The van der Waals surface area contributed by atoms with E-state index >= 15 is 0 Å². The summed E-state index contributed by atoms with van der Waals surface area (Å²) < 4.78 is 18.8. The lowest BCUT2D eigenvalue weighted by atomic mass is 9.92. The molecule has 0 saturated heterocycles. The minimum Gasteiger partial charge on any atom is -0.451 e. The molecule has 1 heterocycles. The van der Waals surface area contributed by atoms with Crippen molar-refractivity contribution < 1.29 is 18.7 Å². The van der Waals surface area contributed by atoms with E-state index in [9.17, 15) is 14.3 Å². The highest BCUT2D eigenvalue weighted by Gasteiger charge is 2.27. The van der Waals surface area contributed by atoms with Crippen LogP contribution in [0.15, 0.2) is 22.6 Å². The molecule has 1 aliphatic carbocycles. The predicted molar refractivity (Wildman–Crippen MR) is 76.6 cm³/mol. The molecule has 0 unspecified atom stereocenters. The molecule has 0 aliphatic heterocycles. The second kappa shape index (κ2) is 5.48. The second-order valence-electron chi connectivity index (χ2n) is 5.63. The lowest BCUT2D eigenvalue weighted by molar-refractivity contribution is 0.0699. The van der Waals surface area contributed by atoms with Gasteiger partial charge in [0.25, 0.3) is 5.91 Å². The Morgan fingerprint density at radius 3 is 2.90 bits per heavy atom. The van der Waals surface area contributed by atoms with Gasteiger partial charge < -0.3 is 14.8 Å². The molecule has 5 heteroatoms. The average molecular weight is 291 g/mol. The van der Waals surface area contributed by atoms with E-state index in [0.29, 0.717) is 23.0 Å². The van der Waals surface area contributed by atoms with Crippen LogP contribution in [-0.2, 0) is 0 Å². The Morgan fingerprint density at radius 2 is 2.14 bits per heavy atom. The quantitative estimate of drug-likeness (QED) is 0.894. The van der Waals surface area contributed by atoms with Crippen LogP contribution in [0.5, 0.6) is 0 Å². The number of benzene rings is 1. The number of nitrogens with one attached hydrogen (secondary N) is 1. The third-order valence-corrected chi connectivity index (χ3v) is 4.15. The van der Waals surface area contributed by atoms with Crippen LogP contribution in [0, 0.1) is 12.7 Å². The molecule has 1 saturated carbocycles. The van der Waals surface area contributed by atoms with Gasteiger partial charge in [-0.3, -0.25) is 4.79 Å². The maximum absolute atomic E-state index is 13.3. The van der Waals surface area contributed by atoms with Gasteiger partial charge in [-0.15, -0.1) is 0 Å². The van der Waals surface area contributed by atoms with E-state index in [1.165, 1.54) is 18.2 Å². The van der Waals surface area contributed by atoms with E-state index in [1.54, 1.807) is 6.92 Å². The summed E-state index contributed by atoms with van der Waals surface area (Å²) in [7, 11) is 0. The minimum absolute atomic E-state index is 0.188. The number of aliphatic hydroxyl groups excluding tert-OH is 1. The molecule has 4 nitrogen and oxygen atoms in total. The number of hydrogen-bond donors (Lipinski definition) is 2. The van der Waals surface area contributed by atoms with Crippen LogP contribution in [0.2, 0.25) is 0 Å². The molecule has 2 atom stereocenters. The second-order valence-corrected chi connectivity index (χ2v) is 5.63. The lowest BCUT2D eigenvalue weighted by Crippen LogP contribution is -2.45. The molecule has 1 aromatic carbocycles. The summed E-state index contributed by atoms with van der Waals surface area (Å²) in [5.74, 6) is -0.524. The summed E-state index contributed by atoms with van der Waals surface area (Å²) in [6, 6.07) is 3.94. The van der Waals surface area contributed by atoms with Crippen molar-refractivity contribution in [2.24, 2.45) is 0 Å². The average Bonchev–Trinajstić information content (AvgIpc) is 2.79. The molecule has 1 fully saturated rings. The Kier molecular flexibility index (Phi) is 3.68. The molecule has 2 aromatic rings. The lowest BCUT2D eigenvalue weighted by Gasteiger charge is -2.28. The number of amides is 1. The Balaban J connectivity index is 1.86. The third-order valence-electron chi connectivity index (χ3n) is 4.15. The molecule has 1 aliphatic rings. The standard InChI is InChI=1S/C16H18FNO3/c1-9-11-8-10(17)6-7-14(11)21-15(9)16(20)18-12-4-2-3-5-13(12)19/h6-8,12-13,19H,2-5H2,1H3,(H,18,20)/t12-,13-/m1/s1. The molecule has 3 rings (SSSR count). The number of carbonyl (C=O) groups is 1. The monoisotopic (exact) mass is 291 g/mol. The van der Waals surface area contributed by atoms with E-state index in [0.717, 1.165) is 19.3 Å². The van der Waals surface area contributed by atoms with Crippen LogP contribution in [-0.4, -0.2) is 23.2 Å². The Bertz CT molecular complexity index is 679. The van der Waals surface area contributed by atoms with E-state index in [2.05, 4.69) is 5.32 Å². The molecule has 0 radical (unpaired) electrons. The first-order valence-corrected chi connectivity index (χ1v) is 7.24. The summed E-state index contributed by atoms with van der Waals surface area (Å²) in [5.41, 5.74) is 1.11. The highest BCUT2D eigenvalue weighted by Crippen LogP contribution is 2.26. The van der Waals surface area contributed by atoms with Gasteiger partial charge in [0.2, 0.25) is 0 Å². The maximum Gasteiger partial charge on any atom is 0.287 e. The molecule has 2 N–H and O–H groups in total. The van der Waals surface area contributed by atoms with Crippen LogP contribution >= 0.6 is 0 Å². The van der Waals surface area contributed by atoms with Crippen molar-refractivity contribution >= 4 is 16.9 Å². The van der Waals surface area contributed by atoms with Crippen LogP contribution in [0.25, 0.3) is 11.0 Å². The fraction of sp³-hybridized carbons (Fsp3) is 0.438. The van der Waals surface area contributed by atoms with Crippen LogP contribution in [0.4, 0.5) is 4.39 Å². The highest BCUT2D eigenvalue weighted by atomic mass is 19.1. The Labute approximate surface area is 121 Å². The molecule has 1 amide bonds. The van der Waals surface area contributed by atoms with Crippen LogP contribution < -0.4 is 5.32 Å². The van der Waals surface area contributed by atoms with Crippen molar-refractivity contribution in [2.45, 2.75) is 44.8 Å². The van der Waals surface area contributed by atoms with E-state index < -0.39 is 6.10 Å². The molecule has 1 aromatic heterocycles. The zero-order valence-corrected chi connectivity index (χ0v) is 11.9. The number of aliphatic hydroxyl groups is 1. The minimum atomic E-state index is -0.509. The molecular formula is C16H18FNO3. The fourth-order valence-corrected chi connectivity index (χ4v) is 2.92. The van der Waals surface area contributed by atoms with Gasteiger partial charge in [-0.25, -0.2) is 4.39 Å². The SMILES string of the molecule is Cc1c(C(=O)N[C@@H]2CCCC[C@H]2O)oc2ccc(F)cc12. The normalized spacial score (nSPS) is 22.4. The summed E-state index contributed by atoms with van der Waals surface area (Å²) in [5, 5.41) is 13.3. The van der Waals surface area contributed by atoms with Crippen molar-refractivity contribution in [3.8, 4) is 0 Å². The number of hydrogen-bond acceptors (Lipinski definition) is 3. The van der Waals surface area contributed by atoms with Gasteiger partial charge in [0.1, 0.15) is 11.4 Å². The number of carbonyl (C=O) groups excluding carboxylic acids is 1. The number of aryl methyl sites for hydroxylation is 1. The van der Waals surface area contributed by atoms with Gasteiger partial charge in [0.05, 0.1) is 12.1 Å². The van der Waals surface area contributed by atoms with Gasteiger partial charge in [-0.2, -0.15) is 0 Å². The van der Waals surface area contributed by atoms with Crippen molar-refractivity contribution in [2.75, 3.05) is 0 Å². The Morgan fingerprint density at radius 1 is 1.38 bits per heavy atom. The first-order valence-electron chi connectivity index (χ1n) is 7.24. The summed E-state index contributed by atoms with van der Waals surface area (Å²) in [4.78, 5) is 12.3. The van der Waals surface area contributed by atoms with Crippen LogP contribution in [0.3, 0.4) is 0 Å². The summed E-state index contributed by atoms with van der Waals surface area (Å²) in [6.07, 6.45) is 2.93. The summed E-state index contributed by atoms with van der Waals surface area (Å²) in [6.45, 7) is 1.73. The maximum atomic E-state index is 13.3. The smallest absolute Gasteiger partial charge is 0.287 e. The summed E-state index contributed by atoms with van der Waals surface area (Å²) >= 11 is 0. The fourth-order valence-electron chi connectivity index (χ4n) is 2.92.